The highest BCUT2D eigenvalue weighted by molar-refractivity contribution is 14.1. The number of benzene rings is 2. The monoisotopic (exact) mass is 461 g/mol. The molecule has 0 bridgehead atoms. The van der Waals surface area contributed by atoms with E-state index in [4.69, 9.17) is 10.00 Å². The van der Waals surface area contributed by atoms with Gasteiger partial charge in [0.05, 0.1) is 11.6 Å². The quantitative estimate of drug-likeness (QED) is 0.656. The molecule has 0 spiro atoms. The number of rotatable bonds is 4. The molecule has 2 aromatic rings. The van der Waals surface area contributed by atoms with Gasteiger partial charge in [-0.15, -0.1) is 0 Å². The second-order valence-electron chi connectivity index (χ2n) is 6.12. The summed E-state index contributed by atoms with van der Waals surface area (Å²) in [5, 5.41) is 8.91. The molecular formula is C20H20IN3O2. The number of carbonyl (C=O) groups excluding carboxylic acids is 1. The smallest absolute Gasteiger partial charge is 0.260 e. The number of carbonyl (C=O) groups is 1. The molecule has 1 aliphatic rings. The van der Waals surface area contributed by atoms with Gasteiger partial charge in [0, 0.05) is 35.4 Å². The summed E-state index contributed by atoms with van der Waals surface area (Å²) >= 11 is 2.24. The SMILES string of the molecule is N#Cc1ccc(N2CCCN(C(=O)COc3ccc(I)cc3)CC2)cc1. The molecule has 0 N–H and O–H groups in total. The van der Waals surface area contributed by atoms with E-state index in [2.05, 4.69) is 33.6 Å². The number of anilines is 1. The first kappa shape index (κ1) is 18.5. The first-order valence-electron chi connectivity index (χ1n) is 8.57. The molecule has 0 unspecified atom stereocenters. The van der Waals surface area contributed by atoms with Crippen molar-refractivity contribution in [1.29, 1.82) is 5.26 Å². The van der Waals surface area contributed by atoms with Crippen LogP contribution in [0.5, 0.6) is 5.75 Å². The predicted octanol–water partition coefficient (Wildman–Crippen LogP) is 3.28. The third-order valence-electron chi connectivity index (χ3n) is 4.39. The first-order chi connectivity index (χ1) is 12.7. The third-order valence-corrected chi connectivity index (χ3v) is 5.11. The lowest BCUT2D eigenvalue weighted by molar-refractivity contribution is -0.133. The lowest BCUT2D eigenvalue weighted by Gasteiger charge is -2.23. The second kappa shape index (κ2) is 8.90. The molecule has 134 valence electrons. The zero-order chi connectivity index (χ0) is 18.4. The van der Waals surface area contributed by atoms with Gasteiger partial charge >= 0.3 is 0 Å². The number of hydrogen-bond acceptors (Lipinski definition) is 4. The minimum atomic E-state index is 0.0187. The molecule has 3 rings (SSSR count). The van der Waals surface area contributed by atoms with E-state index in [1.165, 1.54) is 0 Å². The highest BCUT2D eigenvalue weighted by Crippen LogP contribution is 2.18. The Hall–Kier alpha value is -2.27. The maximum absolute atomic E-state index is 12.5. The van der Waals surface area contributed by atoms with E-state index in [1.807, 2.05) is 53.4 Å². The summed E-state index contributed by atoms with van der Waals surface area (Å²) in [4.78, 5) is 16.6. The van der Waals surface area contributed by atoms with E-state index >= 15 is 0 Å². The third kappa shape index (κ3) is 4.88. The number of ether oxygens (including phenoxy) is 1. The molecule has 0 saturated carbocycles. The summed E-state index contributed by atoms with van der Waals surface area (Å²) in [6, 6.07) is 17.4. The molecule has 5 nitrogen and oxygen atoms in total. The molecule has 1 saturated heterocycles. The summed E-state index contributed by atoms with van der Waals surface area (Å²) in [7, 11) is 0. The summed E-state index contributed by atoms with van der Waals surface area (Å²) in [6.45, 7) is 3.16. The van der Waals surface area contributed by atoms with Crippen LogP contribution in [0.1, 0.15) is 12.0 Å². The van der Waals surface area contributed by atoms with Crippen LogP contribution in [-0.2, 0) is 4.79 Å². The fraction of sp³-hybridized carbons (Fsp3) is 0.300. The van der Waals surface area contributed by atoms with Crippen molar-refractivity contribution in [1.82, 2.24) is 4.90 Å². The van der Waals surface area contributed by atoms with Crippen LogP contribution in [0.4, 0.5) is 5.69 Å². The van der Waals surface area contributed by atoms with Gasteiger partial charge in [-0.1, -0.05) is 0 Å². The van der Waals surface area contributed by atoms with Crippen molar-refractivity contribution in [2.45, 2.75) is 6.42 Å². The molecule has 2 aromatic carbocycles. The Morgan fingerprint density at radius 2 is 1.77 bits per heavy atom. The Labute approximate surface area is 167 Å². The maximum Gasteiger partial charge on any atom is 0.260 e. The fourth-order valence-electron chi connectivity index (χ4n) is 2.94. The van der Waals surface area contributed by atoms with Crippen molar-refractivity contribution in [3.8, 4) is 11.8 Å². The van der Waals surface area contributed by atoms with Crippen molar-refractivity contribution >= 4 is 34.2 Å². The van der Waals surface area contributed by atoms with E-state index in [1.54, 1.807) is 0 Å². The standard InChI is InChI=1S/C20H20IN3O2/c21-17-4-8-19(9-5-17)26-15-20(25)24-11-1-10-23(12-13-24)18-6-2-16(14-22)3-7-18/h2-9H,1,10-13,15H2. The van der Waals surface area contributed by atoms with Crippen LogP contribution in [0, 0.1) is 14.9 Å². The van der Waals surface area contributed by atoms with Crippen LogP contribution in [0.2, 0.25) is 0 Å². The Balaban J connectivity index is 1.53. The van der Waals surface area contributed by atoms with Crippen LogP contribution < -0.4 is 9.64 Å². The molecule has 6 heteroatoms. The van der Waals surface area contributed by atoms with Gasteiger partial charge in [-0.3, -0.25) is 4.79 Å². The number of nitriles is 1. The van der Waals surface area contributed by atoms with E-state index in [-0.39, 0.29) is 12.5 Å². The molecule has 26 heavy (non-hydrogen) atoms. The highest BCUT2D eigenvalue weighted by Gasteiger charge is 2.19. The van der Waals surface area contributed by atoms with Gasteiger partial charge < -0.3 is 14.5 Å². The van der Waals surface area contributed by atoms with Crippen molar-refractivity contribution in [3.05, 3.63) is 57.7 Å². The molecule has 0 radical (unpaired) electrons. The molecular weight excluding hydrogens is 441 g/mol. The Kier molecular flexibility index (Phi) is 6.34. The molecule has 0 aliphatic carbocycles. The molecule has 1 amide bonds. The fourth-order valence-corrected chi connectivity index (χ4v) is 3.30. The van der Waals surface area contributed by atoms with Crippen LogP contribution in [-0.4, -0.2) is 43.6 Å². The summed E-state index contributed by atoms with van der Waals surface area (Å²) in [5.41, 5.74) is 1.75. The largest absolute Gasteiger partial charge is 0.484 e. The average molecular weight is 461 g/mol. The summed E-state index contributed by atoms with van der Waals surface area (Å²) < 4.78 is 6.75. The number of hydrogen-bond donors (Lipinski definition) is 0. The lowest BCUT2D eigenvalue weighted by Crippen LogP contribution is -2.38. The average Bonchev–Trinajstić information content (AvgIpc) is 2.94. The lowest BCUT2D eigenvalue weighted by atomic mass is 10.2. The van der Waals surface area contributed by atoms with Gasteiger partial charge in [-0.2, -0.15) is 5.26 Å². The van der Waals surface area contributed by atoms with Gasteiger partial charge in [-0.25, -0.2) is 0 Å². The Bertz CT molecular complexity index is 784. The summed E-state index contributed by atoms with van der Waals surface area (Å²) in [5.74, 6) is 0.734. The van der Waals surface area contributed by atoms with Crippen molar-refractivity contribution in [2.24, 2.45) is 0 Å². The first-order valence-corrected chi connectivity index (χ1v) is 9.65. The number of halogens is 1. The molecule has 0 atom stereocenters. The molecule has 1 aliphatic heterocycles. The zero-order valence-electron chi connectivity index (χ0n) is 14.4. The van der Waals surface area contributed by atoms with Crippen LogP contribution in [0.15, 0.2) is 48.5 Å². The topological polar surface area (TPSA) is 56.6 Å². The van der Waals surface area contributed by atoms with Crippen molar-refractivity contribution in [3.63, 3.8) is 0 Å². The number of amides is 1. The minimum Gasteiger partial charge on any atom is -0.484 e. The second-order valence-corrected chi connectivity index (χ2v) is 7.37. The van der Waals surface area contributed by atoms with Gasteiger partial charge in [0.2, 0.25) is 0 Å². The molecule has 0 aromatic heterocycles. The van der Waals surface area contributed by atoms with Crippen LogP contribution >= 0.6 is 22.6 Å². The molecule has 1 fully saturated rings. The van der Waals surface area contributed by atoms with Crippen LogP contribution in [0.3, 0.4) is 0 Å². The van der Waals surface area contributed by atoms with E-state index in [0.29, 0.717) is 17.9 Å². The van der Waals surface area contributed by atoms with E-state index in [0.717, 1.165) is 35.3 Å². The highest BCUT2D eigenvalue weighted by atomic mass is 127. The molecule has 1 heterocycles. The maximum atomic E-state index is 12.5. The van der Waals surface area contributed by atoms with Gasteiger partial charge in [-0.05, 0) is 77.5 Å². The predicted molar refractivity (Wildman–Crippen MR) is 109 cm³/mol. The Morgan fingerprint density at radius 1 is 1.04 bits per heavy atom. The van der Waals surface area contributed by atoms with Gasteiger partial charge in [0.15, 0.2) is 6.61 Å². The van der Waals surface area contributed by atoms with Gasteiger partial charge in [0.1, 0.15) is 5.75 Å². The summed E-state index contributed by atoms with van der Waals surface area (Å²) in [6.07, 6.45) is 0.912. The van der Waals surface area contributed by atoms with Crippen LogP contribution in [0.25, 0.3) is 0 Å². The van der Waals surface area contributed by atoms with E-state index in [9.17, 15) is 4.79 Å². The van der Waals surface area contributed by atoms with Gasteiger partial charge in [0.25, 0.3) is 5.91 Å². The van der Waals surface area contributed by atoms with E-state index < -0.39 is 0 Å². The Morgan fingerprint density at radius 3 is 2.46 bits per heavy atom. The zero-order valence-corrected chi connectivity index (χ0v) is 16.6. The van der Waals surface area contributed by atoms with Crippen molar-refractivity contribution < 1.29 is 9.53 Å². The minimum absolute atomic E-state index is 0.0187. The normalized spacial score (nSPS) is 14.5. The number of nitrogens with zero attached hydrogens (tertiary/aromatic N) is 3. The van der Waals surface area contributed by atoms with Crippen molar-refractivity contribution in [2.75, 3.05) is 37.7 Å².